The van der Waals surface area contributed by atoms with E-state index in [9.17, 15) is 0 Å². The predicted octanol–water partition coefficient (Wildman–Crippen LogP) is 5.44. The molecule has 7 rings (SSSR count). The van der Waals surface area contributed by atoms with Gasteiger partial charge in [0.1, 0.15) is 6.10 Å². The van der Waals surface area contributed by atoms with Crippen molar-refractivity contribution in [3.8, 4) is 0 Å². The lowest BCUT2D eigenvalue weighted by molar-refractivity contribution is -0.526. The Morgan fingerprint density at radius 1 is 0.889 bits per heavy atom. The molecule has 0 N–H and O–H groups in total. The van der Waals surface area contributed by atoms with Gasteiger partial charge in [-0.2, -0.15) is 0 Å². The Hall–Kier alpha value is -1.42. The third-order valence-electron chi connectivity index (χ3n) is 7.92. The van der Waals surface area contributed by atoms with Gasteiger partial charge in [0.05, 0.1) is 6.61 Å². The van der Waals surface area contributed by atoms with Crippen LogP contribution in [0, 0.1) is 23.7 Å². The number of fused-ring (bicyclic) bond motifs is 1. The number of hydrogen-bond donors (Lipinski definition) is 0. The number of ether oxygens (including phenoxy) is 1. The number of hydrogen-bond acceptors (Lipinski definition) is 3. The van der Waals surface area contributed by atoms with Crippen molar-refractivity contribution in [1.82, 2.24) is 0 Å². The van der Waals surface area contributed by atoms with E-state index in [1.54, 1.807) is 0 Å². The minimum atomic E-state index is -0.456. The minimum Gasteiger partial charge on any atom is -0.344 e. The molecule has 5 aliphatic rings. The molecule has 0 radical (unpaired) electrons. The van der Waals surface area contributed by atoms with Gasteiger partial charge in [-0.25, -0.2) is 9.78 Å². The van der Waals surface area contributed by atoms with Crippen LogP contribution in [-0.2, 0) is 14.5 Å². The Morgan fingerprint density at radius 2 is 1.59 bits per heavy atom. The third-order valence-corrected chi connectivity index (χ3v) is 7.92. The summed E-state index contributed by atoms with van der Waals surface area (Å²) in [5, 5.41) is 2.57. The first-order valence-electron chi connectivity index (χ1n) is 10.7. The molecule has 142 valence electrons. The highest BCUT2D eigenvalue weighted by molar-refractivity contribution is 5.86. The first-order valence-corrected chi connectivity index (χ1v) is 10.7. The van der Waals surface area contributed by atoms with Crippen molar-refractivity contribution in [2.75, 3.05) is 6.61 Å². The first kappa shape index (κ1) is 16.5. The van der Waals surface area contributed by atoms with Crippen LogP contribution in [0.2, 0.25) is 0 Å². The molecule has 0 amide bonds. The molecule has 27 heavy (non-hydrogen) atoms. The van der Waals surface area contributed by atoms with Gasteiger partial charge in [-0.1, -0.05) is 49.4 Å². The fourth-order valence-electron chi connectivity index (χ4n) is 6.69. The quantitative estimate of drug-likeness (QED) is 0.664. The van der Waals surface area contributed by atoms with Gasteiger partial charge < -0.3 is 4.74 Å². The van der Waals surface area contributed by atoms with E-state index in [-0.39, 0.29) is 12.0 Å². The van der Waals surface area contributed by atoms with Gasteiger partial charge in [-0.05, 0) is 60.3 Å². The van der Waals surface area contributed by atoms with Crippen LogP contribution in [0.25, 0.3) is 10.8 Å². The number of rotatable bonds is 2. The molecule has 3 nitrogen and oxygen atoms in total. The van der Waals surface area contributed by atoms with Crippen molar-refractivity contribution in [3.63, 3.8) is 0 Å². The molecule has 1 aliphatic heterocycles. The van der Waals surface area contributed by atoms with Gasteiger partial charge in [-0.3, -0.25) is 0 Å². The molecule has 4 bridgehead atoms. The normalized spacial score (nSPS) is 41.3. The van der Waals surface area contributed by atoms with Gasteiger partial charge in [-0.15, -0.1) is 0 Å². The maximum atomic E-state index is 6.56. The highest BCUT2D eigenvalue weighted by atomic mass is 17.2. The van der Waals surface area contributed by atoms with Crippen LogP contribution in [0.5, 0.6) is 0 Å². The Bertz CT molecular complexity index is 816. The molecule has 1 spiro atoms. The van der Waals surface area contributed by atoms with E-state index < -0.39 is 5.79 Å². The summed E-state index contributed by atoms with van der Waals surface area (Å²) < 4.78 is 6.56. The summed E-state index contributed by atoms with van der Waals surface area (Å²) in [6.07, 6.45) is 6.43. The molecular formula is C24H28O3. The smallest absolute Gasteiger partial charge is 0.207 e. The Morgan fingerprint density at radius 3 is 2.30 bits per heavy atom. The van der Waals surface area contributed by atoms with Crippen LogP contribution in [0.3, 0.4) is 0 Å². The maximum absolute atomic E-state index is 6.56. The summed E-state index contributed by atoms with van der Waals surface area (Å²) in [6.45, 7) is 2.86. The van der Waals surface area contributed by atoms with Crippen molar-refractivity contribution in [2.24, 2.45) is 23.7 Å². The zero-order valence-corrected chi connectivity index (χ0v) is 16.0. The number of benzene rings is 2. The van der Waals surface area contributed by atoms with Gasteiger partial charge in [0.2, 0.25) is 5.79 Å². The predicted molar refractivity (Wildman–Crippen MR) is 104 cm³/mol. The lowest BCUT2D eigenvalue weighted by Gasteiger charge is -2.60. The van der Waals surface area contributed by atoms with E-state index in [0.29, 0.717) is 18.4 Å². The minimum absolute atomic E-state index is 0.0568. The summed E-state index contributed by atoms with van der Waals surface area (Å²) in [5.41, 5.74) is 1.31. The second-order valence-corrected chi connectivity index (χ2v) is 9.41. The molecule has 2 unspecified atom stereocenters. The van der Waals surface area contributed by atoms with E-state index in [1.807, 2.05) is 0 Å². The summed E-state index contributed by atoms with van der Waals surface area (Å²) in [7, 11) is 0. The highest BCUT2D eigenvalue weighted by Crippen LogP contribution is 2.61. The summed E-state index contributed by atoms with van der Waals surface area (Å²) in [6, 6.07) is 15.1. The van der Waals surface area contributed by atoms with Crippen molar-refractivity contribution in [2.45, 2.75) is 56.8 Å². The summed E-state index contributed by atoms with van der Waals surface area (Å²) >= 11 is 0. The molecule has 2 atom stereocenters. The Balaban J connectivity index is 1.23. The molecule has 1 heterocycles. The molecule has 2 aromatic carbocycles. The average molecular weight is 364 g/mol. The Labute approximate surface area is 160 Å². The first-order chi connectivity index (χ1) is 13.2. The van der Waals surface area contributed by atoms with Gasteiger partial charge in [0, 0.05) is 17.8 Å². The average Bonchev–Trinajstić information content (AvgIpc) is 2.71. The molecule has 2 aromatic rings. The third kappa shape index (κ3) is 2.45. The van der Waals surface area contributed by atoms with Crippen LogP contribution in [0.15, 0.2) is 42.5 Å². The summed E-state index contributed by atoms with van der Waals surface area (Å²) in [5.74, 6) is 2.63. The van der Waals surface area contributed by atoms with Crippen molar-refractivity contribution in [3.05, 3.63) is 48.0 Å². The van der Waals surface area contributed by atoms with Gasteiger partial charge in [0.25, 0.3) is 0 Å². The van der Waals surface area contributed by atoms with Crippen LogP contribution < -0.4 is 0 Å². The molecule has 4 saturated carbocycles. The van der Waals surface area contributed by atoms with Gasteiger partial charge >= 0.3 is 0 Å². The fourth-order valence-corrected chi connectivity index (χ4v) is 6.69. The van der Waals surface area contributed by atoms with Crippen LogP contribution in [0.4, 0.5) is 0 Å². The van der Waals surface area contributed by atoms with Gasteiger partial charge in [0.15, 0.2) is 0 Å². The second-order valence-electron chi connectivity index (χ2n) is 9.41. The van der Waals surface area contributed by atoms with Crippen molar-refractivity contribution >= 4 is 10.8 Å². The Kier molecular flexibility index (Phi) is 3.70. The van der Waals surface area contributed by atoms with Crippen molar-refractivity contribution < 1.29 is 14.5 Å². The van der Waals surface area contributed by atoms with E-state index in [1.165, 1.54) is 48.4 Å². The molecular weight excluding hydrogens is 336 g/mol. The van der Waals surface area contributed by atoms with E-state index in [2.05, 4.69) is 49.4 Å². The van der Waals surface area contributed by atoms with Crippen molar-refractivity contribution in [1.29, 1.82) is 0 Å². The van der Waals surface area contributed by atoms with E-state index in [4.69, 9.17) is 14.5 Å². The standard InChI is InChI=1S/C24H28O3/c1-15(21-8-4-6-18-5-2-3-7-22(18)21)23-14-25-24(27-26-23)19-10-16-9-17(12-19)13-20(24)11-16/h2-8,15-17,19-20,23H,9-14H2,1H3. The topological polar surface area (TPSA) is 27.7 Å². The fraction of sp³-hybridized carbons (Fsp3) is 0.583. The molecule has 3 heteroatoms. The zero-order chi connectivity index (χ0) is 18.0. The largest absolute Gasteiger partial charge is 0.344 e. The van der Waals surface area contributed by atoms with E-state index in [0.717, 1.165) is 11.8 Å². The lowest BCUT2D eigenvalue weighted by Crippen LogP contribution is -2.63. The second kappa shape index (κ2) is 6.04. The molecule has 5 fully saturated rings. The van der Waals surface area contributed by atoms with Crippen LogP contribution in [-0.4, -0.2) is 18.5 Å². The lowest BCUT2D eigenvalue weighted by atomic mass is 9.53. The molecule has 4 aliphatic carbocycles. The SMILES string of the molecule is CC(c1cccc2ccccc12)C1COC2(OO1)C1CC3CC(C1)CC2C3. The van der Waals surface area contributed by atoms with Crippen LogP contribution >= 0.6 is 0 Å². The summed E-state index contributed by atoms with van der Waals surface area (Å²) in [4.78, 5) is 12.3. The monoisotopic (exact) mass is 364 g/mol. The highest BCUT2D eigenvalue weighted by Gasteiger charge is 2.61. The van der Waals surface area contributed by atoms with E-state index >= 15 is 0 Å². The zero-order valence-electron chi connectivity index (χ0n) is 16.0. The molecule has 0 aromatic heterocycles. The molecule has 1 saturated heterocycles. The maximum Gasteiger partial charge on any atom is 0.207 e. The van der Waals surface area contributed by atoms with Crippen LogP contribution in [0.1, 0.15) is 50.5 Å².